The van der Waals surface area contributed by atoms with Gasteiger partial charge in [-0.25, -0.2) is 0 Å². The minimum absolute atomic E-state index is 0.0562. The van der Waals surface area contributed by atoms with E-state index in [-0.39, 0.29) is 17.9 Å². The summed E-state index contributed by atoms with van der Waals surface area (Å²) in [5.41, 5.74) is 2.89. The van der Waals surface area contributed by atoms with Gasteiger partial charge in [0, 0.05) is 16.4 Å². The molecule has 0 fully saturated rings. The molecule has 0 saturated carbocycles. The lowest BCUT2D eigenvalue weighted by Gasteiger charge is -2.26. The Morgan fingerprint density at radius 3 is 2.00 bits per heavy atom. The van der Waals surface area contributed by atoms with Gasteiger partial charge in [0.1, 0.15) is 5.75 Å². The van der Waals surface area contributed by atoms with E-state index in [1.54, 1.807) is 13.2 Å². The number of carbonyl (C=O) groups excluding carboxylic acids is 1. The van der Waals surface area contributed by atoms with Crippen LogP contribution >= 0.6 is 15.9 Å². The van der Waals surface area contributed by atoms with Crippen LogP contribution in [0.4, 0.5) is 0 Å². The van der Waals surface area contributed by atoms with Crippen LogP contribution in [0.25, 0.3) is 0 Å². The summed E-state index contributed by atoms with van der Waals surface area (Å²) in [5, 5.41) is 3.16. The van der Waals surface area contributed by atoms with E-state index in [4.69, 9.17) is 4.74 Å². The number of carbonyl (C=O) groups is 1. The van der Waals surface area contributed by atoms with Crippen LogP contribution in [0.15, 0.2) is 83.3 Å². The lowest BCUT2D eigenvalue weighted by Crippen LogP contribution is -2.37. The van der Waals surface area contributed by atoms with Crippen molar-refractivity contribution in [2.75, 3.05) is 7.11 Å². The van der Waals surface area contributed by atoms with Crippen molar-refractivity contribution in [1.82, 2.24) is 5.32 Å². The Bertz CT molecular complexity index is 857. The van der Waals surface area contributed by atoms with Gasteiger partial charge in [-0.1, -0.05) is 60.7 Å². The number of hydrogen-bond acceptors (Lipinski definition) is 2. The van der Waals surface area contributed by atoms with Crippen LogP contribution in [0.2, 0.25) is 0 Å². The molecule has 138 valence electrons. The van der Waals surface area contributed by atoms with Gasteiger partial charge < -0.3 is 10.1 Å². The number of benzene rings is 3. The van der Waals surface area contributed by atoms with Crippen molar-refractivity contribution in [3.63, 3.8) is 0 Å². The van der Waals surface area contributed by atoms with Crippen molar-refractivity contribution in [2.24, 2.45) is 0 Å². The molecule has 27 heavy (non-hydrogen) atoms. The summed E-state index contributed by atoms with van der Waals surface area (Å²) in [4.78, 5) is 12.9. The second-order valence-electron chi connectivity index (χ2n) is 6.41. The summed E-state index contributed by atoms with van der Waals surface area (Å²) in [6.45, 7) is 2.04. The maximum absolute atomic E-state index is 12.9. The summed E-state index contributed by atoms with van der Waals surface area (Å²) < 4.78 is 5.99. The summed E-state index contributed by atoms with van der Waals surface area (Å²) in [6, 6.07) is 25.8. The Hall–Kier alpha value is -2.59. The highest BCUT2D eigenvalue weighted by Gasteiger charge is 2.24. The molecule has 0 aliphatic heterocycles. The molecule has 4 heteroatoms. The first kappa shape index (κ1) is 19.2. The summed E-state index contributed by atoms with van der Waals surface area (Å²) in [6.07, 6.45) is 0. The molecule has 0 aliphatic carbocycles. The second-order valence-corrected chi connectivity index (χ2v) is 7.26. The SMILES string of the molecule is COc1ccc(Br)c(C(=O)NC(C)C(c2ccccc2)c2ccccc2)c1. The predicted octanol–water partition coefficient (Wildman–Crippen LogP) is 5.41. The zero-order valence-electron chi connectivity index (χ0n) is 15.4. The Balaban J connectivity index is 1.89. The molecule has 1 N–H and O–H groups in total. The van der Waals surface area contributed by atoms with E-state index in [2.05, 4.69) is 45.5 Å². The summed E-state index contributed by atoms with van der Waals surface area (Å²) in [5.74, 6) is 0.574. The van der Waals surface area contributed by atoms with Gasteiger partial charge in [0.25, 0.3) is 5.91 Å². The highest BCUT2D eigenvalue weighted by molar-refractivity contribution is 9.10. The van der Waals surface area contributed by atoms with Gasteiger partial charge in [0.2, 0.25) is 0 Å². The molecule has 0 aromatic heterocycles. The average Bonchev–Trinajstić information content (AvgIpc) is 2.70. The normalized spacial score (nSPS) is 11.9. The third-order valence-corrected chi connectivity index (χ3v) is 5.29. The number of hydrogen-bond donors (Lipinski definition) is 1. The lowest BCUT2D eigenvalue weighted by atomic mass is 9.85. The quantitative estimate of drug-likeness (QED) is 0.575. The lowest BCUT2D eigenvalue weighted by molar-refractivity contribution is 0.0936. The maximum Gasteiger partial charge on any atom is 0.252 e. The van der Waals surface area contributed by atoms with E-state index < -0.39 is 0 Å². The van der Waals surface area contributed by atoms with Crippen LogP contribution in [0.5, 0.6) is 5.75 Å². The molecule has 1 amide bonds. The zero-order valence-corrected chi connectivity index (χ0v) is 16.9. The van der Waals surface area contributed by atoms with Gasteiger partial charge in [-0.15, -0.1) is 0 Å². The fraction of sp³-hybridized carbons (Fsp3) is 0.174. The van der Waals surface area contributed by atoms with Crippen molar-refractivity contribution in [3.05, 3.63) is 100 Å². The predicted molar refractivity (Wildman–Crippen MR) is 112 cm³/mol. The summed E-state index contributed by atoms with van der Waals surface area (Å²) >= 11 is 3.46. The standard InChI is InChI=1S/C23H22BrNO2/c1-16(25-23(26)20-15-19(27-2)13-14-21(20)24)22(17-9-5-3-6-10-17)18-11-7-4-8-12-18/h3-16,22H,1-2H3,(H,25,26). The van der Waals surface area contributed by atoms with Gasteiger partial charge in [-0.05, 0) is 52.2 Å². The number of halogens is 1. The third-order valence-electron chi connectivity index (χ3n) is 4.59. The molecule has 1 unspecified atom stereocenters. The fourth-order valence-electron chi connectivity index (χ4n) is 3.26. The van der Waals surface area contributed by atoms with E-state index in [0.29, 0.717) is 11.3 Å². The van der Waals surface area contributed by atoms with Crippen molar-refractivity contribution < 1.29 is 9.53 Å². The molecule has 3 nitrogen and oxygen atoms in total. The van der Waals surface area contributed by atoms with Crippen molar-refractivity contribution >= 4 is 21.8 Å². The molecule has 3 rings (SSSR count). The van der Waals surface area contributed by atoms with Crippen LogP contribution in [0.3, 0.4) is 0 Å². The first-order valence-electron chi connectivity index (χ1n) is 8.84. The number of amides is 1. The minimum atomic E-state index is -0.134. The molecule has 0 bridgehead atoms. The summed E-state index contributed by atoms with van der Waals surface area (Å²) in [7, 11) is 1.59. The van der Waals surface area contributed by atoms with E-state index in [1.807, 2.05) is 55.5 Å². The molecule has 0 radical (unpaired) electrons. The van der Waals surface area contributed by atoms with Crippen LogP contribution in [0.1, 0.15) is 34.3 Å². The minimum Gasteiger partial charge on any atom is -0.497 e. The Morgan fingerprint density at radius 2 is 1.48 bits per heavy atom. The fourth-order valence-corrected chi connectivity index (χ4v) is 3.69. The Labute approximate surface area is 168 Å². The second kappa shape index (κ2) is 8.87. The molecule has 3 aromatic rings. The van der Waals surface area contributed by atoms with Crippen molar-refractivity contribution in [1.29, 1.82) is 0 Å². The number of ether oxygens (including phenoxy) is 1. The molecule has 0 aliphatic rings. The monoisotopic (exact) mass is 423 g/mol. The first-order valence-corrected chi connectivity index (χ1v) is 9.63. The van der Waals surface area contributed by atoms with E-state index in [1.165, 1.54) is 11.1 Å². The van der Waals surface area contributed by atoms with Crippen LogP contribution < -0.4 is 10.1 Å². The molecule has 0 saturated heterocycles. The molecule has 1 atom stereocenters. The molecular weight excluding hydrogens is 402 g/mol. The van der Waals surface area contributed by atoms with E-state index in [9.17, 15) is 4.79 Å². The largest absolute Gasteiger partial charge is 0.497 e. The van der Waals surface area contributed by atoms with Gasteiger partial charge in [-0.2, -0.15) is 0 Å². The van der Waals surface area contributed by atoms with Crippen molar-refractivity contribution in [2.45, 2.75) is 18.9 Å². The molecule has 3 aromatic carbocycles. The highest BCUT2D eigenvalue weighted by Crippen LogP contribution is 2.29. The topological polar surface area (TPSA) is 38.3 Å². The van der Waals surface area contributed by atoms with Gasteiger partial charge in [0.05, 0.1) is 12.7 Å². The first-order chi connectivity index (χ1) is 13.1. The molecule has 0 spiro atoms. The van der Waals surface area contributed by atoms with Gasteiger partial charge >= 0.3 is 0 Å². The van der Waals surface area contributed by atoms with Crippen LogP contribution in [-0.2, 0) is 0 Å². The van der Waals surface area contributed by atoms with E-state index in [0.717, 1.165) is 4.47 Å². The van der Waals surface area contributed by atoms with Gasteiger partial charge in [0.15, 0.2) is 0 Å². The molecule has 0 heterocycles. The number of nitrogens with one attached hydrogen (secondary N) is 1. The van der Waals surface area contributed by atoms with Crippen molar-refractivity contribution in [3.8, 4) is 5.75 Å². The van der Waals surface area contributed by atoms with Crippen LogP contribution in [-0.4, -0.2) is 19.1 Å². The Morgan fingerprint density at radius 1 is 0.926 bits per heavy atom. The smallest absolute Gasteiger partial charge is 0.252 e. The number of methoxy groups -OCH3 is 1. The highest BCUT2D eigenvalue weighted by atomic mass is 79.9. The average molecular weight is 424 g/mol. The Kier molecular flexibility index (Phi) is 6.30. The van der Waals surface area contributed by atoms with E-state index >= 15 is 0 Å². The molecular formula is C23H22BrNO2. The maximum atomic E-state index is 12.9. The van der Waals surface area contributed by atoms with Gasteiger partial charge in [-0.3, -0.25) is 4.79 Å². The third kappa shape index (κ3) is 4.58. The van der Waals surface area contributed by atoms with Crippen LogP contribution in [0, 0.1) is 0 Å². The zero-order chi connectivity index (χ0) is 19.2. The number of rotatable bonds is 6.